The third kappa shape index (κ3) is 4.21. The summed E-state index contributed by atoms with van der Waals surface area (Å²) in [7, 11) is 0. The average molecular weight is 463 g/mol. The Morgan fingerprint density at radius 3 is 2.53 bits per heavy atom. The van der Waals surface area contributed by atoms with Gasteiger partial charge in [-0.2, -0.15) is 0 Å². The number of benzene rings is 2. The molecule has 2 aliphatic heterocycles. The van der Waals surface area contributed by atoms with Crippen LogP contribution in [0.15, 0.2) is 51.7 Å². The van der Waals surface area contributed by atoms with Crippen molar-refractivity contribution in [2.75, 3.05) is 46.0 Å². The summed E-state index contributed by atoms with van der Waals surface area (Å²) in [5.41, 5.74) is 2.57. The van der Waals surface area contributed by atoms with Gasteiger partial charge >= 0.3 is 0 Å². The lowest BCUT2D eigenvalue weighted by Gasteiger charge is -2.31. The molecule has 0 saturated carbocycles. The van der Waals surface area contributed by atoms with Crippen LogP contribution < -0.4 is 10.2 Å². The van der Waals surface area contributed by atoms with Crippen LogP contribution in [-0.2, 0) is 4.74 Å². The van der Waals surface area contributed by atoms with Crippen LogP contribution in [0.3, 0.4) is 0 Å². The first-order valence-corrected chi connectivity index (χ1v) is 12.0. The fourth-order valence-electron chi connectivity index (χ4n) is 4.75. The maximum Gasteiger partial charge on any atom is 0.290 e. The molecule has 2 aliphatic rings. The molecule has 0 bridgehead atoms. The Kier molecular flexibility index (Phi) is 6.39. The van der Waals surface area contributed by atoms with Gasteiger partial charge in [0.05, 0.1) is 36.8 Å². The van der Waals surface area contributed by atoms with Crippen LogP contribution in [0.2, 0.25) is 0 Å². The third-order valence-corrected chi connectivity index (χ3v) is 6.55. The number of carbonyl (C=O) groups excluding carboxylic acids is 1. The summed E-state index contributed by atoms with van der Waals surface area (Å²) < 4.78 is 17.2. The lowest BCUT2D eigenvalue weighted by atomic mass is 9.98. The zero-order valence-electron chi connectivity index (χ0n) is 19.7. The predicted octanol–water partition coefficient (Wildman–Crippen LogP) is 3.77. The fourth-order valence-corrected chi connectivity index (χ4v) is 4.75. The molecule has 0 aliphatic carbocycles. The quantitative estimate of drug-likeness (QED) is 0.532. The van der Waals surface area contributed by atoms with E-state index in [0.717, 1.165) is 36.4 Å². The molecule has 0 N–H and O–H groups in total. The average Bonchev–Trinajstić information content (AvgIpc) is 3.14. The van der Waals surface area contributed by atoms with E-state index < -0.39 is 6.04 Å². The first kappa shape index (κ1) is 22.6. The second-order valence-electron chi connectivity index (χ2n) is 8.95. The molecule has 1 amide bonds. The number of hydrogen-bond donors (Lipinski definition) is 0. The van der Waals surface area contributed by atoms with E-state index in [1.807, 2.05) is 43.3 Å². The van der Waals surface area contributed by atoms with Crippen molar-refractivity contribution < 1.29 is 18.7 Å². The number of hydrogen-bond acceptors (Lipinski definition) is 6. The number of morpholine rings is 1. The maximum absolute atomic E-state index is 13.7. The number of aryl methyl sites for hydroxylation is 1. The van der Waals surface area contributed by atoms with Gasteiger partial charge in [0.25, 0.3) is 5.91 Å². The smallest absolute Gasteiger partial charge is 0.290 e. The highest BCUT2D eigenvalue weighted by molar-refractivity contribution is 5.99. The van der Waals surface area contributed by atoms with E-state index >= 15 is 0 Å². The van der Waals surface area contributed by atoms with Gasteiger partial charge < -0.3 is 18.8 Å². The van der Waals surface area contributed by atoms with Gasteiger partial charge in [-0.3, -0.25) is 14.5 Å². The molecule has 1 saturated heterocycles. The predicted molar refractivity (Wildman–Crippen MR) is 130 cm³/mol. The van der Waals surface area contributed by atoms with Gasteiger partial charge in [-0.1, -0.05) is 30.7 Å². The summed E-state index contributed by atoms with van der Waals surface area (Å²) in [6, 6.07) is 12.7. The molecule has 0 radical (unpaired) electrons. The molecule has 0 spiro atoms. The van der Waals surface area contributed by atoms with E-state index in [4.69, 9.17) is 13.9 Å². The number of rotatable bonds is 7. The van der Waals surface area contributed by atoms with Gasteiger partial charge in [0.15, 0.2) is 5.43 Å². The molecule has 3 aromatic rings. The van der Waals surface area contributed by atoms with Crippen molar-refractivity contribution in [3.05, 3.63) is 75.1 Å². The molecule has 5 rings (SSSR count). The Balaban J connectivity index is 1.55. The first-order valence-electron chi connectivity index (χ1n) is 12.0. The molecule has 7 nitrogen and oxygen atoms in total. The number of carbonyl (C=O) groups is 1. The molecule has 2 aromatic carbocycles. The van der Waals surface area contributed by atoms with Crippen molar-refractivity contribution in [3.8, 4) is 5.75 Å². The highest BCUT2D eigenvalue weighted by Crippen LogP contribution is 2.38. The molecule has 178 valence electrons. The summed E-state index contributed by atoms with van der Waals surface area (Å²) in [5, 5.41) is 0.509. The minimum absolute atomic E-state index is 0.140. The van der Waals surface area contributed by atoms with Crippen LogP contribution in [0, 0.1) is 6.92 Å². The molecule has 1 fully saturated rings. The molecular formula is C27H30N2O5. The molecule has 34 heavy (non-hydrogen) atoms. The summed E-state index contributed by atoms with van der Waals surface area (Å²) in [6.07, 6.45) is 0.926. The van der Waals surface area contributed by atoms with Crippen LogP contribution in [0.5, 0.6) is 5.75 Å². The number of fused-ring (bicyclic) bond motifs is 2. The number of amides is 1. The van der Waals surface area contributed by atoms with Crippen LogP contribution >= 0.6 is 0 Å². The lowest BCUT2D eigenvalue weighted by molar-refractivity contribution is 0.0314. The van der Waals surface area contributed by atoms with Crippen LogP contribution in [-0.4, -0.2) is 61.7 Å². The van der Waals surface area contributed by atoms with Gasteiger partial charge in [-0.25, -0.2) is 0 Å². The third-order valence-electron chi connectivity index (χ3n) is 6.55. The minimum atomic E-state index is -0.495. The Morgan fingerprint density at radius 2 is 1.79 bits per heavy atom. The first-order chi connectivity index (χ1) is 16.6. The standard InChI is InChI=1S/C27H30N2O5/c1-3-14-33-20-7-5-19(6-8-20)24-23-25(30)21-17-18(2)4-9-22(21)34-26(23)27(31)29(24)11-10-28-12-15-32-16-13-28/h4-9,17,24H,3,10-16H2,1-2H3/t24-/m1/s1. The van der Waals surface area contributed by atoms with E-state index in [9.17, 15) is 9.59 Å². The Hall–Kier alpha value is -3.16. The van der Waals surface area contributed by atoms with E-state index in [0.29, 0.717) is 49.4 Å². The molecule has 3 heterocycles. The van der Waals surface area contributed by atoms with Crippen molar-refractivity contribution in [1.29, 1.82) is 0 Å². The van der Waals surface area contributed by atoms with Crippen molar-refractivity contribution in [1.82, 2.24) is 9.80 Å². The summed E-state index contributed by atoms with van der Waals surface area (Å²) >= 11 is 0. The lowest BCUT2D eigenvalue weighted by Crippen LogP contribution is -2.42. The molecule has 0 unspecified atom stereocenters. The number of nitrogens with zero attached hydrogens (tertiary/aromatic N) is 2. The van der Waals surface area contributed by atoms with Crippen LogP contribution in [0.1, 0.15) is 46.6 Å². The zero-order chi connectivity index (χ0) is 23.7. The normalized spacial score (nSPS) is 18.5. The Bertz CT molecular complexity index is 1240. The highest BCUT2D eigenvalue weighted by atomic mass is 16.5. The molecule has 1 atom stereocenters. The van der Waals surface area contributed by atoms with Crippen LogP contribution in [0.4, 0.5) is 0 Å². The Morgan fingerprint density at radius 1 is 1.03 bits per heavy atom. The second kappa shape index (κ2) is 9.60. The van der Waals surface area contributed by atoms with Crippen molar-refractivity contribution in [2.24, 2.45) is 0 Å². The molecule has 7 heteroatoms. The SMILES string of the molecule is CCCOc1ccc([C@@H]2c3c(oc4ccc(C)cc4c3=O)C(=O)N2CCN2CCOCC2)cc1. The van der Waals surface area contributed by atoms with Gasteiger partial charge in [0.1, 0.15) is 11.3 Å². The van der Waals surface area contributed by atoms with E-state index in [1.165, 1.54) is 0 Å². The molecular weight excluding hydrogens is 432 g/mol. The summed E-state index contributed by atoms with van der Waals surface area (Å²) in [6.45, 7) is 8.92. The second-order valence-corrected chi connectivity index (χ2v) is 8.95. The summed E-state index contributed by atoms with van der Waals surface area (Å²) in [4.78, 5) is 31.3. The van der Waals surface area contributed by atoms with Gasteiger partial charge in [0, 0.05) is 26.2 Å². The number of ether oxygens (including phenoxy) is 2. The van der Waals surface area contributed by atoms with Crippen molar-refractivity contribution in [3.63, 3.8) is 0 Å². The van der Waals surface area contributed by atoms with Crippen LogP contribution in [0.25, 0.3) is 11.0 Å². The van der Waals surface area contributed by atoms with E-state index in [1.54, 1.807) is 11.0 Å². The molecule has 1 aromatic heterocycles. The van der Waals surface area contributed by atoms with Crippen molar-refractivity contribution >= 4 is 16.9 Å². The largest absolute Gasteiger partial charge is 0.494 e. The van der Waals surface area contributed by atoms with E-state index in [-0.39, 0.29) is 17.1 Å². The zero-order valence-corrected chi connectivity index (χ0v) is 19.7. The van der Waals surface area contributed by atoms with Gasteiger partial charge in [0.2, 0.25) is 5.76 Å². The highest BCUT2D eigenvalue weighted by Gasteiger charge is 2.42. The monoisotopic (exact) mass is 462 g/mol. The Labute approximate surface area is 198 Å². The van der Waals surface area contributed by atoms with Crippen molar-refractivity contribution in [2.45, 2.75) is 26.3 Å². The van der Waals surface area contributed by atoms with Gasteiger partial charge in [-0.15, -0.1) is 0 Å². The maximum atomic E-state index is 13.7. The fraction of sp³-hybridized carbons (Fsp3) is 0.407. The van der Waals surface area contributed by atoms with E-state index in [2.05, 4.69) is 11.8 Å². The minimum Gasteiger partial charge on any atom is -0.494 e. The van der Waals surface area contributed by atoms with Gasteiger partial charge in [-0.05, 0) is 43.2 Å². The summed E-state index contributed by atoms with van der Waals surface area (Å²) in [5.74, 6) is 0.690. The topological polar surface area (TPSA) is 72.2 Å².